The lowest BCUT2D eigenvalue weighted by Gasteiger charge is -2.23. The van der Waals surface area contributed by atoms with Gasteiger partial charge >= 0.3 is 0 Å². The zero-order chi connectivity index (χ0) is 11.8. The first-order chi connectivity index (χ1) is 8.25. The zero-order valence-corrected chi connectivity index (χ0v) is 13.0. The Morgan fingerprint density at radius 2 is 2.11 bits per heavy atom. The third-order valence-electron chi connectivity index (χ3n) is 3.76. The SMILES string of the molecule is Cc1cnc2c(c1)cc(C1CCCNC1)n2C.Cl.Cl. The summed E-state index contributed by atoms with van der Waals surface area (Å²) in [5.74, 6) is 0.642. The van der Waals surface area contributed by atoms with Gasteiger partial charge in [-0.15, -0.1) is 24.8 Å². The second kappa shape index (κ2) is 6.60. The van der Waals surface area contributed by atoms with Gasteiger partial charge in [0.25, 0.3) is 0 Å². The van der Waals surface area contributed by atoms with Crippen LogP contribution in [0.4, 0.5) is 0 Å². The highest BCUT2D eigenvalue weighted by molar-refractivity contribution is 5.85. The quantitative estimate of drug-likeness (QED) is 0.877. The van der Waals surface area contributed by atoms with Crippen LogP contribution in [0.25, 0.3) is 11.0 Å². The molecule has 19 heavy (non-hydrogen) atoms. The van der Waals surface area contributed by atoms with Crippen LogP contribution >= 0.6 is 24.8 Å². The molecule has 0 radical (unpaired) electrons. The standard InChI is InChI=1S/C14H19N3.2ClH/c1-10-6-12-7-13(11-4-3-5-15-9-11)17(2)14(12)16-8-10;;/h6-8,11,15H,3-5,9H2,1-2H3;2*1H. The van der Waals surface area contributed by atoms with Gasteiger partial charge in [-0.3, -0.25) is 0 Å². The average molecular weight is 302 g/mol. The van der Waals surface area contributed by atoms with E-state index in [9.17, 15) is 0 Å². The first-order valence-electron chi connectivity index (χ1n) is 6.38. The molecule has 3 nitrogen and oxygen atoms in total. The molecule has 1 aliphatic heterocycles. The van der Waals surface area contributed by atoms with Crippen LogP contribution in [0.15, 0.2) is 18.3 Å². The Morgan fingerprint density at radius 3 is 2.79 bits per heavy atom. The Morgan fingerprint density at radius 1 is 1.32 bits per heavy atom. The summed E-state index contributed by atoms with van der Waals surface area (Å²) in [4.78, 5) is 4.54. The number of pyridine rings is 1. The minimum absolute atomic E-state index is 0. The molecule has 1 aliphatic rings. The van der Waals surface area contributed by atoms with E-state index in [1.54, 1.807) is 0 Å². The molecule has 1 unspecified atom stereocenters. The van der Waals surface area contributed by atoms with Crippen LogP contribution in [-0.2, 0) is 7.05 Å². The molecule has 0 amide bonds. The average Bonchev–Trinajstić information content (AvgIpc) is 2.67. The molecule has 0 saturated carbocycles. The molecular weight excluding hydrogens is 281 g/mol. The normalized spacial score (nSPS) is 18.7. The van der Waals surface area contributed by atoms with Crippen molar-refractivity contribution in [1.29, 1.82) is 0 Å². The predicted molar refractivity (Wildman–Crippen MR) is 84.8 cm³/mol. The van der Waals surface area contributed by atoms with Crippen molar-refractivity contribution in [3.63, 3.8) is 0 Å². The summed E-state index contributed by atoms with van der Waals surface area (Å²) in [6, 6.07) is 4.54. The van der Waals surface area contributed by atoms with Gasteiger partial charge in [-0.05, 0) is 44.0 Å². The maximum atomic E-state index is 4.54. The fourth-order valence-corrected chi connectivity index (χ4v) is 2.85. The summed E-state index contributed by atoms with van der Waals surface area (Å²) in [6.07, 6.45) is 4.51. The topological polar surface area (TPSA) is 29.9 Å². The van der Waals surface area contributed by atoms with Crippen molar-refractivity contribution in [2.45, 2.75) is 25.7 Å². The van der Waals surface area contributed by atoms with Crippen molar-refractivity contribution >= 4 is 35.8 Å². The van der Waals surface area contributed by atoms with Crippen LogP contribution in [-0.4, -0.2) is 22.6 Å². The highest BCUT2D eigenvalue weighted by atomic mass is 35.5. The third kappa shape index (κ3) is 3.04. The number of nitrogens with one attached hydrogen (secondary N) is 1. The third-order valence-corrected chi connectivity index (χ3v) is 3.76. The van der Waals surface area contributed by atoms with Crippen molar-refractivity contribution in [3.05, 3.63) is 29.6 Å². The van der Waals surface area contributed by atoms with Crippen LogP contribution < -0.4 is 5.32 Å². The number of piperidine rings is 1. The van der Waals surface area contributed by atoms with Crippen molar-refractivity contribution in [1.82, 2.24) is 14.9 Å². The van der Waals surface area contributed by atoms with E-state index < -0.39 is 0 Å². The molecule has 1 atom stereocenters. The highest BCUT2D eigenvalue weighted by Gasteiger charge is 2.19. The number of rotatable bonds is 1. The fourth-order valence-electron chi connectivity index (χ4n) is 2.85. The van der Waals surface area contributed by atoms with Gasteiger partial charge in [-0.2, -0.15) is 0 Å². The van der Waals surface area contributed by atoms with Gasteiger partial charge < -0.3 is 9.88 Å². The second-order valence-electron chi connectivity index (χ2n) is 5.10. The Labute approximate surface area is 126 Å². The summed E-state index contributed by atoms with van der Waals surface area (Å²) in [7, 11) is 2.13. The lowest BCUT2D eigenvalue weighted by molar-refractivity contribution is 0.448. The summed E-state index contributed by atoms with van der Waals surface area (Å²) in [6.45, 7) is 4.36. The molecule has 0 aliphatic carbocycles. The summed E-state index contributed by atoms with van der Waals surface area (Å²) in [5.41, 5.74) is 3.76. The monoisotopic (exact) mass is 301 g/mol. The minimum Gasteiger partial charge on any atom is -0.332 e. The maximum absolute atomic E-state index is 4.54. The Hall–Kier alpha value is -0.770. The van der Waals surface area contributed by atoms with Crippen LogP contribution in [0.3, 0.4) is 0 Å². The Kier molecular flexibility index (Phi) is 5.65. The summed E-state index contributed by atoms with van der Waals surface area (Å²) >= 11 is 0. The van der Waals surface area contributed by atoms with E-state index in [4.69, 9.17) is 0 Å². The van der Waals surface area contributed by atoms with E-state index in [0.717, 1.165) is 18.7 Å². The van der Waals surface area contributed by atoms with Gasteiger partial charge in [0.15, 0.2) is 0 Å². The van der Waals surface area contributed by atoms with Gasteiger partial charge in [-0.25, -0.2) is 4.98 Å². The lowest BCUT2D eigenvalue weighted by atomic mass is 9.96. The van der Waals surface area contributed by atoms with Gasteiger partial charge in [0, 0.05) is 36.8 Å². The number of aromatic nitrogens is 2. The van der Waals surface area contributed by atoms with E-state index >= 15 is 0 Å². The molecule has 0 spiro atoms. The lowest BCUT2D eigenvalue weighted by Crippen LogP contribution is -2.29. The Balaban J connectivity index is 0.000000902. The molecule has 1 N–H and O–H groups in total. The minimum atomic E-state index is 0. The predicted octanol–water partition coefficient (Wildman–Crippen LogP) is 3.19. The second-order valence-corrected chi connectivity index (χ2v) is 5.10. The van der Waals surface area contributed by atoms with E-state index in [2.05, 4.69) is 41.0 Å². The number of fused-ring (bicyclic) bond motifs is 1. The summed E-state index contributed by atoms with van der Waals surface area (Å²) in [5, 5.41) is 4.75. The summed E-state index contributed by atoms with van der Waals surface area (Å²) < 4.78 is 2.26. The fraction of sp³-hybridized carbons (Fsp3) is 0.500. The number of hydrogen-bond donors (Lipinski definition) is 1. The van der Waals surface area contributed by atoms with Crippen molar-refractivity contribution < 1.29 is 0 Å². The molecule has 1 saturated heterocycles. The molecule has 2 aromatic rings. The number of aryl methyl sites for hydroxylation is 2. The molecule has 3 heterocycles. The molecular formula is C14H21Cl2N3. The first-order valence-corrected chi connectivity index (χ1v) is 6.38. The number of nitrogens with zero attached hydrogens (tertiary/aromatic N) is 2. The van der Waals surface area contributed by atoms with Crippen LogP contribution in [0, 0.1) is 6.92 Å². The molecule has 0 aromatic carbocycles. The molecule has 2 aromatic heterocycles. The molecule has 3 rings (SSSR count). The largest absolute Gasteiger partial charge is 0.332 e. The van der Waals surface area contributed by atoms with Crippen LogP contribution in [0.5, 0.6) is 0 Å². The molecule has 106 valence electrons. The highest BCUT2D eigenvalue weighted by Crippen LogP contribution is 2.28. The maximum Gasteiger partial charge on any atom is 0.139 e. The van der Waals surface area contributed by atoms with Gasteiger partial charge in [-0.1, -0.05) is 0 Å². The van der Waals surface area contributed by atoms with Crippen molar-refractivity contribution in [2.75, 3.05) is 13.1 Å². The smallest absolute Gasteiger partial charge is 0.139 e. The zero-order valence-electron chi connectivity index (χ0n) is 11.3. The van der Waals surface area contributed by atoms with E-state index in [0.29, 0.717) is 5.92 Å². The van der Waals surface area contributed by atoms with E-state index in [-0.39, 0.29) is 24.8 Å². The van der Waals surface area contributed by atoms with Gasteiger partial charge in [0.2, 0.25) is 0 Å². The van der Waals surface area contributed by atoms with E-state index in [1.807, 2.05) is 6.20 Å². The van der Waals surface area contributed by atoms with Crippen LogP contribution in [0.1, 0.15) is 30.0 Å². The first kappa shape index (κ1) is 16.3. The van der Waals surface area contributed by atoms with Crippen LogP contribution in [0.2, 0.25) is 0 Å². The van der Waals surface area contributed by atoms with Gasteiger partial charge in [0.05, 0.1) is 0 Å². The van der Waals surface area contributed by atoms with Crippen molar-refractivity contribution in [3.8, 4) is 0 Å². The molecule has 5 heteroatoms. The number of halogens is 2. The Bertz CT molecular complexity index is 545. The van der Waals surface area contributed by atoms with Gasteiger partial charge in [0.1, 0.15) is 5.65 Å². The molecule has 0 bridgehead atoms. The van der Waals surface area contributed by atoms with E-state index in [1.165, 1.54) is 29.5 Å². The number of hydrogen-bond acceptors (Lipinski definition) is 2. The molecule has 1 fully saturated rings. The van der Waals surface area contributed by atoms with Crippen molar-refractivity contribution in [2.24, 2.45) is 7.05 Å².